The molecule has 1 aromatic carbocycles. The van der Waals surface area contributed by atoms with E-state index in [1.807, 2.05) is 44.2 Å². The van der Waals surface area contributed by atoms with E-state index in [0.29, 0.717) is 11.5 Å². The Labute approximate surface area is 161 Å². The largest absolute Gasteiger partial charge is 0.318 e. The standard InChI is InChI=1S/C19H21N5O2S/c1-11(2)18(25)20-16-10-15(22-24(16)14-8-6-5-7-9-14)19(26)21-17-12(3)23-27-13(17)4/h5-11H,1-4H3,(H,20,25)(H,21,26). The molecule has 0 aliphatic carbocycles. The maximum atomic E-state index is 12.7. The molecule has 2 aromatic heterocycles. The molecule has 0 radical (unpaired) electrons. The molecule has 2 N–H and O–H groups in total. The lowest BCUT2D eigenvalue weighted by Gasteiger charge is -2.10. The van der Waals surface area contributed by atoms with Crippen LogP contribution in [0.3, 0.4) is 0 Å². The third kappa shape index (κ3) is 4.06. The van der Waals surface area contributed by atoms with Crippen LogP contribution in [-0.4, -0.2) is 26.0 Å². The second kappa shape index (κ2) is 7.71. The van der Waals surface area contributed by atoms with Crippen LogP contribution in [0.5, 0.6) is 0 Å². The number of hydrogen-bond acceptors (Lipinski definition) is 5. The van der Waals surface area contributed by atoms with Crippen LogP contribution in [0.15, 0.2) is 36.4 Å². The molecule has 0 saturated carbocycles. The van der Waals surface area contributed by atoms with Gasteiger partial charge in [0.25, 0.3) is 5.91 Å². The molecule has 140 valence electrons. The van der Waals surface area contributed by atoms with Gasteiger partial charge in [0.05, 0.1) is 17.1 Å². The van der Waals surface area contributed by atoms with Gasteiger partial charge < -0.3 is 10.6 Å². The Hall–Kier alpha value is -3.00. The van der Waals surface area contributed by atoms with E-state index in [1.165, 1.54) is 11.5 Å². The molecule has 0 aliphatic rings. The summed E-state index contributed by atoms with van der Waals surface area (Å²) in [5.41, 5.74) is 2.43. The molecule has 2 amide bonds. The molecule has 3 rings (SSSR count). The minimum Gasteiger partial charge on any atom is -0.318 e. The van der Waals surface area contributed by atoms with Crippen LogP contribution >= 0.6 is 11.5 Å². The molecule has 0 aliphatic heterocycles. The Kier molecular flexibility index (Phi) is 5.36. The van der Waals surface area contributed by atoms with Gasteiger partial charge in [-0.1, -0.05) is 32.0 Å². The molecule has 8 heteroatoms. The molecular weight excluding hydrogens is 362 g/mol. The predicted molar refractivity (Wildman–Crippen MR) is 107 cm³/mol. The Balaban J connectivity index is 1.95. The topological polar surface area (TPSA) is 88.9 Å². The quantitative estimate of drug-likeness (QED) is 0.701. The van der Waals surface area contributed by atoms with Gasteiger partial charge in [-0.2, -0.15) is 9.47 Å². The Bertz CT molecular complexity index is 956. The highest BCUT2D eigenvalue weighted by Crippen LogP contribution is 2.24. The van der Waals surface area contributed by atoms with Crippen molar-refractivity contribution in [1.82, 2.24) is 14.2 Å². The summed E-state index contributed by atoms with van der Waals surface area (Å²) in [6.45, 7) is 7.36. The molecule has 0 fully saturated rings. The highest BCUT2D eigenvalue weighted by Gasteiger charge is 2.20. The molecule has 3 aromatic rings. The van der Waals surface area contributed by atoms with Gasteiger partial charge in [-0.15, -0.1) is 0 Å². The van der Waals surface area contributed by atoms with Crippen molar-refractivity contribution in [3.8, 4) is 5.69 Å². The van der Waals surface area contributed by atoms with Gasteiger partial charge in [0.2, 0.25) is 5.91 Å². The van der Waals surface area contributed by atoms with Crippen molar-refractivity contribution >= 4 is 34.9 Å². The maximum absolute atomic E-state index is 12.7. The fraction of sp³-hybridized carbons (Fsp3) is 0.263. The fourth-order valence-electron chi connectivity index (χ4n) is 2.46. The van der Waals surface area contributed by atoms with Crippen molar-refractivity contribution < 1.29 is 9.59 Å². The first-order chi connectivity index (χ1) is 12.9. The van der Waals surface area contributed by atoms with Gasteiger partial charge >= 0.3 is 0 Å². The summed E-state index contributed by atoms with van der Waals surface area (Å²) in [6, 6.07) is 10.9. The third-order valence-corrected chi connectivity index (χ3v) is 4.83. The number of amides is 2. The molecule has 7 nitrogen and oxygen atoms in total. The Morgan fingerprint density at radius 3 is 2.41 bits per heavy atom. The lowest BCUT2D eigenvalue weighted by molar-refractivity contribution is -0.118. The minimum absolute atomic E-state index is 0.146. The van der Waals surface area contributed by atoms with Crippen molar-refractivity contribution in [3.05, 3.63) is 52.7 Å². The number of para-hydroxylation sites is 1. The zero-order valence-electron chi connectivity index (χ0n) is 15.6. The van der Waals surface area contributed by atoms with Crippen LogP contribution in [0.2, 0.25) is 0 Å². The van der Waals surface area contributed by atoms with Gasteiger partial charge in [-0.3, -0.25) is 9.59 Å². The van der Waals surface area contributed by atoms with Gasteiger partial charge in [0.1, 0.15) is 5.82 Å². The second-order valence-corrected chi connectivity index (χ2v) is 7.44. The number of rotatable bonds is 5. The third-order valence-electron chi connectivity index (χ3n) is 3.99. The predicted octanol–water partition coefficient (Wildman–Crippen LogP) is 3.79. The average molecular weight is 383 g/mol. The number of nitrogens with zero attached hydrogens (tertiary/aromatic N) is 3. The van der Waals surface area contributed by atoms with E-state index >= 15 is 0 Å². The zero-order valence-corrected chi connectivity index (χ0v) is 16.4. The van der Waals surface area contributed by atoms with E-state index in [4.69, 9.17) is 0 Å². The summed E-state index contributed by atoms with van der Waals surface area (Å²) in [5.74, 6) is -0.241. The SMILES string of the molecule is Cc1nsc(C)c1NC(=O)c1cc(NC(=O)C(C)C)n(-c2ccccc2)n1. The van der Waals surface area contributed by atoms with Gasteiger partial charge in [0.15, 0.2) is 5.69 Å². The number of carbonyl (C=O) groups excluding carboxylic acids is 2. The van der Waals surface area contributed by atoms with E-state index in [-0.39, 0.29) is 23.4 Å². The van der Waals surface area contributed by atoms with Gasteiger partial charge in [-0.05, 0) is 37.5 Å². The lowest BCUT2D eigenvalue weighted by Crippen LogP contribution is -2.19. The van der Waals surface area contributed by atoms with E-state index in [0.717, 1.165) is 16.3 Å². The summed E-state index contributed by atoms with van der Waals surface area (Å²) in [4.78, 5) is 25.8. The summed E-state index contributed by atoms with van der Waals surface area (Å²) >= 11 is 1.34. The average Bonchev–Trinajstić information content (AvgIpc) is 3.21. The first kappa shape index (κ1) is 18.8. The number of hydrogen-bond donors (Lipinski definition) is 2. The highest BCUT2D eigenvalue weighted by molar-refractivity contribution is 7.06. The summed E-state index contributed by atoms with van der Waals surface area (Å²) in [5, 5.41) is 10.1. The van der Waals surface area contributed by atoms with E-state index < -0.39 is 0 Å². The number of nitrogens with one attached hydrogen (secondary N) is 2. The van der Waals surface area contributed by atoms with Crippen molar-refractivity contribution in [2.24, 2.45) is 5.92 Å². The van der Waals surface area contributed by atoms with Crippen molar-refractivity contribution in [1.29, 1.82) is 0 Å². The Morgan fingerprint density at radius 1 is 1.11 bits per heavy atom. The van der Waals surface area contributed by atoms with Crippen LogP contribution < -0.4 is 10.6 Å². The summed E-state index contributed by atoms with van der Waals surface area (Å²) in [6.07, 6.45) is 0. The number of anilines is 2. The van der Waals surface area contributed by atoms with E-state index in [1.54, 1.807) is 24.6 Å². The van der Waals surface area contributed by atoms with Crippen LogP contribution in [0.1, 0.15) is 34.9 Å². The molecule has 2 heterocycles. The summed E-state index contributed by atoms with van der Waals surface area (Å²) < 4.78 is 5.79. The summed E-state index contributed by atoms with van der Waals surface area (Å²) in [7, 11) is 0. The van der Waals surface area contributed by atoms with Crippen LogP contribution in [0.25, 0.3) is 5.69 Å². The van der Waals surface area contributed by atoms with Gasteiger partial charge in [0, 0.05) is 16.9 Å². The first-order valence-electron chi connectivity index (χ1n) is 8.57. The van der Waals surface area contributed by atoms with Crippen LogP contribution in [0, 0.1) is 19.8 Å². The highest BCUT2D eigenvalue weighted by atomic mass is 32.1. The molecule has 0 saturated heterocycles. The molecular formula is C19H21N5O2S. The van der Waals surface area contributed by atoms with E-state index in [2.05, 4.69) is 20.1 Å². The van der Waals surface area contributed by atoms with E-state index in [9.17, 15) is 9.59 Å². The molecule has 27 heavy (non-hydrogen) atoms. The van der Waals surface area contributed by atoms with Crippen LogP contribution in [0.4, 0.5) is 11.5 Å². The van der Waals surface area contributed by atoms with Gasteiger partial charge in [-0.25, -0.2) is 4.68 Å². The smallest absolute Gasteiger partial charge is 0.276 e. The minimum atomic E-state index is -0.351. The lowest BCUT2D eigenvalue weighted by atomic mass is 10.2. The molecule has 0 spiro atoms. The monoisotopic (exact) mass is 383 g/mol. The number of aromatic nitrogens is 3. The molecule has 0 atom stereocenters. The number of carbonyl (C=O) groups is 2. The number of aryl methyl sites for hydroxylation is 2. The van der Waals surface area contributed by atoms with Crippen molar-refractivity contribution in [2.75, 3.05) is 10.6 Å². The first-order valence-corrected chi connectivity index (χ1v) is 9.34. The molecule has 0 bridgehead atoms. The fourth-order valence-corrected chi connectivity index (χ4v) is 3.11. The normalized spacial score (nSPS) is 10.9. The van der Waals surface area contributed by atoms with Crippen molar-refractivity contribution in [3.63, 3.8) is 0 Å². The molecule has 0 unspecified atom stereocenters. The number of benzene rings is 1. The van der Waals surface area contributed by atoms with Crippen LogP contribution in [-0.2, 0) is 4.79 Å². The second-order valence-electron chi connectivity index (χ2n) is 6.46. The maximum Gasteiger partial charge on any atom is 0.276 e. The van der Waals surface area contributed by atoms with Crippen molar-refractivity contribution in [2.45, 2.75) is 27.7 Å². The Morgan fingerprint density at radius 2 is 1.81 bits per heavy atom. The zero-order chi connectivity index (χ0) is 19.6.